The Morgan fingerprint density at radius 3 is 2.78 bits per heavy atom. The van der Waals surface area contributed by atoms with Crippen LogP contribution in [0.25, 0.3) is 6.08 Å². The van der Waals surface area contributed by atoms with E-state index >= 15 is 0 Å². The van der Waals surface area contributed by atoms with Gasteiger partial charge in [0.15, 0.2) is 0 Å². The summed E-state index contributed by atoms with van der Waals surface area (Å²) in [5.74, 6) is 0.369. The maximum atomic E-state index is 12.6. The number of hydrogen-bond donors (Lipinski definition) is 2. The molecule has 1 aromatic heterocycles. The van der Waals surface area contributed by atoms with E-state index in [1.54, 1.807) is 12.3 Å². The lowest BCUT2D eigenvalue weighted by molar-refractivity contribution is -0.132. The van der Waals surface area contributed by atoms with Crippen LogP contribution in [0.5, 0.6) is 0 Å². The number of pyridine rings is 1. The van der Waals surface area contributed by atoms with Crippen LogP contribution in [0.1, 0.15) is 50.5 Å². The summed E-state index contributed by atoms with van der Waals surface area (Å²) in [4.78, 5) is 29.4. The normalized spacial score (nSPS) is 20.9. The SMILES string of the molecule is O=C(O)/C=C/c1cnc(N[C@@H]2CCN(C(=O)CC3CCCCC3)C2)c(Cl)c1. The van der Waals surface area contributed by atoms with Crippen molar-refractivity contribution < 1.29 is 14.7 Å². The third kappa shape index (κ3) is 5.70. The van der Waals surface area contributed by atoms with Gasteiger partial charge in [-0.1, -0.05) is 30.9 Å². The van der Waals surface area contributed by atoms with E-state index in [-0.39, 0.29) is 11.9 Å². The highest BCUT2D eigenvalue weighted by Gasteiger charge is 2.28. The van der Waals surface area contributed by atoms with Crippen LogP contribution in [-0.2, 0) is 9.59 Å². The highest BCUT2D eigenvalue weighted by molar-refractivity contribution is 6.33. The first-order chi connectivity index (χ1) is 13.0. The van der Waals surface area contributed by atoms with Crippen LogP contribution in [0.3, 0.4) is 0 Å². The molecule has 1 saturated heterocycles. The van der Waals surface area contributed by atoms with E-state index in [0.717, 1.165) is 19.0 Å². The molecule has 2 heterocycles. The third-order valence-corrected chi connectivity index (χ3v) is 5.64. The number of carbonyl (C=O) groups is 2. The lowest BCUT2D eigenvalue weighted by Gasteiger charge is -2.24. The molecule has 3 rings (SSSR count). The van der Waals surface area contributed by atoms with Gasteiger partial charge in [0.25, 0.3) is 0 Å². The second kappa shape index (κ2) is 9.22. The Labute approximate surface area is 164 Å². The van der Waals surface area contributed by atoms with Crippen molar-refractivity contribution in [3.8, 4) is 0 Å². The van der Waals surface area contributed by atoms with Gasteiger partial charge in [0.05, 0.1) is 5.02 Å². The van der Waals surface area contributed by atoms with Crippen molar-refractivity contribution in [2.45, 2.75) is 51.0 Å². The largest absolute Gasteiger partial charge is 0.478 e. The average molecular weight is 392 g/mol. The summed E-state index contributed by atoms with van der Waals surface area (Å²) in [7, 11) is 0. The highest BCUT2D eigenvalue weighted by Crippen LogP contribution is 2.28. The topological polar surface area (TPSA) is 82.5 Å². The summed E-state index contributed by atoms with van der Waals surface area (Å²) in [6.45, 7) is 1.44. The van der Waals surface area contributed by atoms with Gasteiger partial charge < -0.3 is 15.3 Å². The molecule has 6 nitrogen and oxygen atoms in total. The molecular weight excluding hydrogens is 366 g/mol. The molecule has 1 aromatic rings. The Morgan fingerprint density at radius 2 is 2.07 bits per heavy atom. The molecule has 2 fully saturated rings. The number of nitrogens with one attached hydrogen (secondary N) is 1. The van der Waals surface area contributed by atoms with Gasteiger partial charge in [-0.25, -0.2) is 9.78 Å². The van der Waals surface area contributed by atoms with Gasteiger partial charge >= 0.3 is 5.97 Å². The van der Waals surface area contributed by atoms with Crippen molar-refractivity contribution in [2.75, 3.05) is 18.4 Å². The zero-order valence-corrected chi connectivity index (χ0v) is 16.1. The molecule has 7 heteroatoms. The molecule has 0 aromatic carbocycles. The van der Waals surface area contributed by atoms with Gasteiger partial charge in [-0.05, 0) is 42.9 Å². The maximum absolute atomic E-state index is 12.6. The van der Waals surface area contributed by atoms with Gasteiger partial charge in [-0.3, -0.25) is 4.79 Å². The molecule has 0 radical (unpaired) electrons. The molecular formula is C20H26ClN3O3. The zero-order chi connectivity index (χ0) is 19.2. The summed E-state index contributed by atoms with van der Waals surface area (Å²) >= 11 is 6.26. The fraction of sp³-hybridized carbons (Fsp3) is 0.550. The maximum Gasteiger partial charge on any atom is 0.328 e. The lowest BCUT2D eigenvalue weighted by Crippen LogP contribution is -2.33. The fourth-order valence-corrected chi connectivity index (χ4v) is 4.11. The van der Waals surface area contributed by atoms with Crippen molar-refractivity contribution in [3.63, 3.8) is 0 Å². The Bertz CT molecular complexity index is 716. The quantitative estimate of drug-likeness (QED) is 0.720. The van der Waals surface area contributed by atoms with Crippen LogP contribution in [0.15, 0.2) is 18.3 Å². The van der Waals surface area contributed by atoms with Crippen LogP contribution in [0.4, 0.5) is 5.82 Å². The van der Waals surface area contributed by atoms with Crippen LogP contribution in [-0.4, -0.2) is 46.0 Å². The van der Waals surface area contributed by atoms with E-state index < -0.39 is 5.97 Å². The molecule has 2 N–H and O–H groups in total. The van der Waals surface area contributed by atoms with Crippen LogP contribution >= 0.6 is 11.6 Å². The Balaban J connectivity index is 1.51. The number of anilines is 1. The smallest absolute Gasteiger partial charge is 0.328 e. The molecule has 0 spiro atoms. The van der Waals surface area contributed by atoms with Gasteiger partial charge in [-0.15, -0.1) is 0 Å². The molecule has 1 saturated carbocycles. The number of aromatic nitrogens is 1. The second-order valence-electron chi connectivity index (χ2n) is 7.45. The minimum absolute atomic E-state index is 0.130. The number of carboxylic acid groups (broad SMARTS) is 1. The predicted molar refractivity (Wildman–Crippen MR) is 106 cm³/mol. The first kappa shape index (κ1) is 19.7. The number of rotatable bonds is 6. The van der Waals surface area contributed by atoms with Gasteiger partial charge in [-0.2, -0.15) is 0 Å². The van der Waals surface area contributed by atoms with E-state index in [0.29, 0.717) is 35.3 Å². The number of carbonyl (C=O) groups excluding carboxylic acids is 1. The molecule has 27 heavy (non-hydrogen) atoms. The molecule has 146 valence electrons. The minimum atomic E-state index is -1.02. The van der Waals surface area contributed by atoms with E-state index in [9.17, 15) is 9.59 Å². The standard InChI is InChI=1S/C20H26ClN3O3/c21-17-10-15(6-7-19(26)27)12-22-20(17)23-16-8-9-24(13-16)18(25)11-14-4-2-1-3-5-14/h6-7,10,12,14,16H,1-5,8-9,11,13H2,(H,22,23)(H,26,27)/b7-6+/t16-/m1/s1. The molecule has 2 aliphatic rings. The number of hydrogen-bond acceptors (Lipinski definition) is 4. The van der Waals surface area contributed by atoms with E-state index in [1.807, 2.05) is 4.90 Å². The van der Waals surface area contributed by atoms with Gasteiger partial charge in [0.2, 0.25) is 5.91 Å². The van der Waals surface area contributed by atoms with Crippen molar-refractivity contribution >= 4 is 35.4 Å². The fourth-order valence-electron chi connectivity index (χ4n) is 3.88. The molecule has 1 amide bonds. The van der Waals surface area contributed by atoms with E-state index in [2.05, 4.69) is 10.3 Å². The first-order valence-electron chi connectivity index (χ1n) is 9.62. The molecule has 1 aliphatic heterocycles. The Morgan fingerprint density at radius 1 is 1.30 bits per heavy atom. The first-order valence-corrected chi connectivity index (χ1v) is 10.00. The summed E-state index contributed by atoms with van der Waals surface area (Å²) in [6, 6.07) is 1.81. The van der Waals surface area contributed by atoms with Crippen molar-refractivity contribution in [1.29, 1.82) is 0 Å². The van der Waals surface area contributed by atoms with Crippen molar-refractivity contribution in [2.24, 2.45) is 5.92 Å². The number of aliphatic carboxylic acids is 1. The summed E-state index contributed by atoms with van der Waals surface area (Å²) < 4.78 is 0. The van der Waals surface area contributed by atoms with E-state index in [1.165, 1.54) is 38.2 Å². The van der Waals surface area contributed by atoms with Crippen molar-refractivity contribution in [1.82, 2.24) is 9.88 Å². The zero-order valence-electron chi connectivity index (χ0n) is 15.4. The van der Waals surface area contributed by atoms with Crippen LogP contribution < -0.4 is 5.32 Å². The Hall–Kier alpha value is -2.08. The average Bonchev–Trinajstić information content (AvgIpc) is 3.11. The lowest BCUT2D eigenvalue weighted by atomic mass is 9.87. The Kier molecular flexibility index (Phi) is 6.72. The summed E-state index contributed by atoms with van der Waals surface area (Å²) in [5, 5.41) is 12.4. The number of nitrogens with zero attached hydrogens (tertiary/aromatic N) is 2. The van der Waals surface area contributed by atoms with E-state index in [4.69, 9.17) is 16.7 Å². The number of halogens is 1. The summed E-state index contributed by atoms with van der Waals surface area (Å²) in [5.41, 5.74) is 0.628. The number of amides is 1. The summed E-state index contributed by atoms with van der Waals surface area (Å²) in [6.07, 6.45) is 11.8. The molecule has 1 atom stereocenters. The minimum Gasteiger partial charge on any atom is -0.478 e. The predicted octanol–water partition coefficient (Wildman–Crippen LogP) is 3.82. The van der Waals surface area contributed by atoms with Crippen molar-refractivity contribution in [3.05, 3.63) is 28.9 Å². The van der Waals surface area contributed by atoms with Gasteiger partial charge in [0, 0.05) is 37.8 Å². The molecule has 1 aliphatic carbocycles. The number of carboxylic acids is 1. The second-order valence-corrected chi connectivity index (χ2v) is 7.86. The molecule has 0 unspecified atom stereocenters. The third-order valence-electron chi connectivity index (χ3n) is 5.35. The number of likely N-dealkylation sites (tertiary alicyclic amines) is 1. The monoisotopic (exact) mass is 391 g/mol. The van der Waals surface area contributed by atoms with Crippen LogP contribution in [0, 0.1) is 5.92 Å². The van der Waals surface area contributed by atoms with Gasteiger partial charge in [0.1, 0.15) is 5.82 Å². The van der Waals surface area contributed by atoms with Crippen LogP contribution in [0.2, 0.25) is 5.02 Å². The molecule has 0 bridgehead atoms. The highest BCUT2D eigenvalue weighted by atomic mass is 35.5.